The van der Waals surface area contributed by atoms with Crippen molar-refractivity contribution in [2.24, 2.45) is 0 Å². The number of carbonyl (C=O) groups excluding carboxylic acids is 1. The Hall–Kier alpha value is -2.05. The van der Waals surface area contributed by atoms with Crippen LogP contribution in [0.25, 0.3) is 0 Å². The third kappa shape index (κ3) is 4.47. The van der Waals surface area contributed by atoms with Crippen molar-refractivity contribution in [3.05, 3.63) is 58.6 Å². The molecule has 0 aliphatic heterocycles. The molecule has 0 bridgehead atoms. The number of nitrogens with one attached hydrogen (secondary N) is 2. The summed E-state index contributed by atoms with van der Waals surface area (Å²) in [6.45, 7) is 1.73. The van der Waals surface area contributed by atoms with Gasteiger partial charge in [-0.25, -0.2) is 8.42 Å². The minimum absolute atomic E-state index is 0.295. The van der Waals surface area contributed by atoms with Gasteiger partial charge in [0.25, 0.3) is 5.91 Å². The second-order valence-electron chi connectivity index (χ2n) is 4.87. The second-order valence-corrected chi connectivity index (χ2v) is 7.05. The van der Waals surface area contributed by atoms with Crippen LogP contribution >= 0.6 is 11.6 Å². The minimum Gasteiger partial charge on any atom is -0.322 e. The molecular weight excluding hydrogens is 324 g/mol. The lowest BCUT2D eigenvalue weighted by molar-refractivity contribution is 0.102. The fraction of sp³-hybridized carbons (Fsp3) is 0.133. The Balaban J connectivity index is 2.19. The molecule has 0 saturated carbocycles. The summed E-state index contributed by atoms with van der Waals surface area (Å²) in [6.07, 6.45) is 1.08. The SMILES string of the molecule is Cc1cc(C(=O)Nc2cccc(Cl)c2)ccc1NS(C)(=O)=O. The number of hydrogen-bond acceptors (Lipinski definition) is 3. The average molecular weight is 339 g/mol. The molecule has 0 radical (unpaired) electrons. The van der Waals surface area contributed by atoms with Crippen molar-refractivity contribution in [2.75, 3.05) is 16.3 Å². The van der Waals surface area contributed by atoms with Crippen molar-refractivity contribution in [3.8, 4) is 0 Å². The van der Waals surface area contributed by atoms with Gasteiger partial charge in [-0.3, -0.25) is 9.52 Å². The molecule has 0 aliphatic carbocycles. The van der Waals surface area contributed by atoms with Gasteiger partial charge in [-0.2, -0.15) is 0 Å². The van der Waals surface area contributed by atoms with E-state index >= 15 is 0 Å². The van der Waals surface area contributed by atoms with Crippen LogP contribution in [0.3, 0.4) is 0 Å². The molecule has 0 saturated heterocycles. The van der Waals surface area contributed by atoms with Crippen molar-refractivity contribution in [1.82, 2.24) is 0 Å². The summed E-state index contributed by atoms with van der Waals surface area (Å²) in [5.74, 6) is -0.295. The highest BCUT2D eigenvalue weighted by molar-refractivity contribution is 7.92. The van der Waals surface area contributed by atoms with Crippen molar-refractivity contribution in [3.63, 3.8) is 0 Å². The first-order valence-electron chi connectivity index (χ1n) is 6.40. The zero-order valence-electron chi connectivity index (χ0n) is 12.1. The van der Waals surface area contributed by atoms with E-state index in [1.807, 2.05) is 0 Å². The van der Waals surface area contributed by atoms with E-state index < -0.39 is 10.0 Å². The molecule has 0 fully saturated rings. The summed E-state index contributed by atoms with van der Waals surface area (Å²) in [5, 5.41) is 3.26. The lowest BCUT2D eigenvalue weighted by atomic mass is 10.1. The summed E-state index contributed by atoms with van der Waals surface area (Å²) in [4.78, 5) is 12.2. The van der Waals surface area contributed by atoms with Gasteiger partial charge in [-0.05, 0) is 48.9 Å². The summed E-state index contributed by atoms with van der Waals surface area (Å²) >= 11 is 5.87. The Morgan fingerprint density at radius 3 is 2.45 bits per heavy atom. The summed E-state index contributed by atoms with van der Waals surface area (Å²) < 4.78 is 24.9. The predicted octanol–water partition coefficient (Wildman–Crippen LogP) is 3.27. The van der Waals surface area contributed by atoms with E-state index in [1.165, 1.54) is 0 Å². The van der Waals surface area contributed by atoms with Crippen molar-refractivity contribution in [1.29, 1.82) is 0 Å². The number of carbonyl (C=O) groups is 1. The highest BCUT2D eigenvalue weighted by Crippen LogP contribution is 2.20. The average Bonchev–Trinajstić information content (AvgIpc) is 2.39. The second kappa shape index (κ2) is 6.37. The number of amides is 1. The lowest BCUT2D eigenvalue weighted by Crippen LogP contribution is -2.14. The molecular formula is C15H15ClN2O3S. The molecule has 0 atom stereocenters. The molecule has 116 valence electrons. The van der Waals surface area contributed by atoms with Gasteiger partial charge in [0.05, 0.1) is 11.9 Å². The van der Waals surface area contributed by atoms with E-state index in [-0.39, 0.29) is 5.91 Å². The van der Waals surface area contributed by atoms with E-state index in [4.69, 9.17) is 11.6 Å². The van der Waals surface area contributed by atoms with Crippen LogP contribution in [0.4, 0.5) is 11.4 Å². The summed E-state index contributed by atoms with van der Waals surface area (Å²) in [5.41, 5.74) is 2.12. The zero-order chi connectivity index (χ0) is 16.3. The van der Waals surface area contributed by atoms with Gasteiger partial charge in [0.2, 0.25) is 10.0 Å². The van der Waals surface area contributed by atoms with E-state index in [2.05, 4.69) is 10.0 Å². The molecule has 1 amide bonds. The Kier molecular flexibility index (Phi) is 4.73. The van der Waals surface area contributed by atoms with Crippen LogP contribution in [0.5, 0.6) is 0 Å². The molecule has 0 aliphatic rings. The smallest absolute Gasteiger partial charge is 0.255 e. The summed E-state index contributed by atoms with van der Waals surface area (Å²) in [7, 11) is -3.35. The maximum Gasteiger partial charge on any atom is 0.255 e. The predicted molar refractivity (Wildman–Crippen MR) is 89.1 cm³/mol. The van der Waals surface area contributed by atoms with Crippen LogP contribution in [0.15, 0.2) is 42.5 Å². The number of anilines is 2. The van der Waals surface area contributed by atoms with Crippen LogP contribution in [0.2, 0.25) is 5.02 Å². The zero-order valence-corrected chi connectivity index (χ0v) is 13.6. The normalized spacial score (nSPS) is 11.0. The molecule has 5 nitrogen and oxygen atoms in total. The first-order valence-corrected chi connectivity index (χ1v) is 8.67. The quantitative estimate of drug-likeness (QED) is 0.898. The molecule has 22 heavy (non-hydrogen) atoms. The third-order valence-corrected chi connectivity index (χ3v) is 3.69. The molecule has 0 aromatic heterocycles. The van der Waals surface area contributed by atoms with Gasteiger partial charge in [0, 0.05) is 16.3 Å². The van der Waals surface area contributed by atoms with E-state index in [9.17, 15) is 13.2 Å². The van der Waals surface area contributed by atoms with Gasteiger partial charge >= 0.3 is 0 Å². The number of rotatable bonds is 4. The number of benzene rings is 2. The Morgan fingerprint density at radius 1 is 1.14 bits per heavy atom. The molecule has 0 unspecified atom stereocenters. The molecule has 7 heteroatoms. The molecule has 2 N–H and O–H groups in total. The fourth-order valence-corrected chi connectivity index (χ4v) is 2.71. The summed E-state index contributed by atoms with van der Waals surface area (Å²) in [6, 6.07) is 11.6. The molecule has 0 spiro atoms. The first-order chi connectivity index (χ1) is 10.2. The monoisotopic (exact) mass is 338 g/mol. The molecule has 2 aromatic rings. The molecule has 0 heterocycles. The highest BCUT2D eigenvalue weighted by Gasteiger charge is 2.10. The number of aryl methyl sites for hydroxylation is 1. The minimum atomic E-state index is -3.35. The lowest BCUT2D eigenvalue weighted by Gasteiger charge is -2.10. The van der Waals surface area contributed by atoms with Crippen LogP contribution in [0, 0.1) is 6.92 Å². The van der Waals surface area contributed by atoms with Crippen LogP contribution in [-0.4, -0.2) is 20.6 Å². The largest absolute Gasteiger partial charge is 0.322 e. The maximum atomic E-state index is 12.2. The van der Waals surface area contributed by atoms with E-state index in [0.717, 1.165) is 6.26 Å². The Labute approximate surface area is 134 Å². The van der Waals surface area contributed by atoms with Gasteiger partial charge in [-0.15, -0.1) is 0 Å². The highest BCUT2D eigenvalue weighted by atomic mass is 35.5. The van der Waals surface area contributed by atoms with Crippen LogP contribution in [-0.2, 0) is 10.0 Å². The van der Waals surface area contributed by atoms with Gasteiger partial charge < -0.3 is 5.32 Å². The number of sulfonamides is 1. The Bertz CT molecular complexity index is 819. The van der Waals surface area contributed by atoms with E-state index in [1.54, 1.807) is 49.4 Å². The molecule has 2 rings (SSSR count). The van der Waals surface area contributed by atoms with E-state index in [0.29, 0.717) is 27.5 Å². The van der Waals surface area contributed by atoms with Crippen LogP contribution < -0.4 is 10.0 Å². The maximum absolute atomic E-state index is 12.2. The van der Waals surface area contributed by atoms with Crippen LogP contribution in [0.1, 0.15) is 15.9 Å². The van der Waals surface area contributed by atoms with Gasteiger partial charge in [0.1, 0.15) is 0 Å². The van der Waals surface area contributed by atoms with Crippen molar-refractivity contribution < 1.29 is 13.2 Å². The standard InChI is InChI=1S/C15H15ClN2O3S/c1-10-8-11(6-7-14(10)18-22(2,20)21)15(19)17-13-5-3-4-12(16)9-13/h3-9,18H,1-2H3,(H,17,19). The van der Waals surface area contributed by atoms with Crippen molar-refractivity contribution >= 4 is 38.9 Å². The third-order valence-electron chi connectivity index (χ3n) is 2.87. The van der Waals surface area contributed by atoms with Gasteiger partial charge in [0.15, 0.2) is 0 Å². The van der Waals surface area contributed by atoms with Crippen molar-refractivity contribution in [2.45, 2.75) is 6.92 Å². The fourth-order valence-electron chi connectivity index (χ4n) is 1.89. The molecule has 2 aromatic carbocycles. The number of hydrogen-bond donors (Lipinski definition) is 2. The topological polar surface area (TPSA) is 75.3 Å². The Morgan fingerprint density at radius 2 is 1.86 bits per heavy atom. The first kappa shape index (κ1) is 16.3. The number of halogens is 1. The van der Waals surface area contributed by atoms with Gasteiger partial charge in [-0.1, -0.05) is 17.7 Å².